The van der Waals surface area contributed by atoms with Gasteiger partial charge < -0.3 is 20.1 Å². The number of aryl methyl sites for hydroxylation is 3. The molecule has 0 atom stereocenters. The van der Waals surface area contributed by atoms with Crippen LogP contribution in [0.4, 0.5) is 5.69 Å². The third-order valence-corrected chi connectivity index (χ3v) is 4.18. The fraction of sp³-hybridized carbons (Fsp3) is 0.300. The van der Waals surface area contributed by atoms with Crippen molar-refractivity contribution in [2.45, 2.75) is 20.8 Å². The van der Waals surface area contributed by atoms with Crippen molar-refractivity contribution < 1.29 is 19.1 Å². The van der Waals surface area contributed by atoms with Crippen molar-refractivity contribution in [3.05, 3.63) is 52.6 Å². The molecule has 2 N–H and O–H groups in total. The van der Waals surface area contributed by atoms with E-state index in [9.17, 15) is 9.59 Å². The van der Waals surface area contributed by atoms with Gasteiger partial charge in [0.1, 0.15) is 0 Å². The summed E-state index contributed by atoms with van der Waals surface area (Å²) in [4.78, 5) is 24.4. The average molecular weight is 356 g/mol. The normalized spacial score (nSPS) is 10.2. The fourth-order valence-corrected chi connectivity index (χ4v) is 2.45. The third kappa shape index (κ3) is 4.53. The zero-order valence-electron chi connectivity index (χ0n) is 15.7. The van der Waals surface area contributed by atoms with Crippen molar-refractivity contribution in [2.24, 2.45) is 0 Å². The Kier molecular flexibility index (Phi) is 6.22. The van der Waals surface area contributed by atoms with Crippen LogP contribution in [0.2, 0.25) is 0 Å². The van der Waals surface area contributed by atoms with E-state index < -0.39 is 0 Å². The van der Waals surface area contributed by atoms with E-state index in [-0.39, 0.29) is 18.4 Å². The van der Waals surface area contributed by atoms with Gasteiger partial charge in [0.2, 0.25) is 5.91 Å². The largest absolute Gasteiger partial charge is 0.493 e. The van der Waals surface area contributed by atoms with Crippen LogP contribution in [0.5, 0.6) is 11.5 Å². The molecule has 2 aromatic rings. The summed E-state index contributed by atoms with van der Waals surface area (Å²) in [5.41, 5.74) is 4.11. The van der Waals surface area contributed by atoms with E-state index in [0.717, 1.165) is 16.7 Å². The molecule has 0 spiro atoms. The first-order valence-corrected chi connectivity index (χ1v) is 8.23. The SMILES string of the molecule is COc1cc(C)c(NC(=O)CNC(=O)c2ccc(C)c(C)c2)cc1OC. The van der Waals surface area contributed by atoms with Gasteiger partial charge in [-0.15, -0.1) is 0 Å². The van der Waals surface area contributed by atoms with Crippen LogP contribution in [0, 0.1) is 20.8 Å². The van der Waals surface area contributed by atoms with Gasteiger partial charge in [0, 0.05) is 17.3 Å². The van der Waals surface area contributed by atoms with Crippen LogP contribution in [0.25, 0.3) is 0 Å². The molecule has 6 heteroatoms. The Labute approximate surface area is 153 Å². The van der Waals surface area contributed by atoms with E-state index in [1.165, 1.54) is 7.11 Å². The first-order valence-electron chi connectivity index (χ1n) is 8.23. The Morgan fingerprint density at radius 3 is 2.15 bits per heavy atom. The molecule has 0 bridgehead atoms. The topological polar surface area (TPSA) is 76.7 Å². The van der Waals surface area contributed by atoms with Crippen LogP contribution in [0.1, 0.15) is 27.0 Å². The average Bonchev–Trinajstić information content (AvgIpc) is 2.63. The number of methoxy groups -OCH3 is 2. The maximum Gasteiger partial charge on any atom is 0.251 e. The van der Waals surface area contributed by atoms with E-state index in [1.54, 1.807) is 31.4 Å². The molecule has 0 radical (unpaired) electrons. The summed E-state index contributed by atoms with van der Waals surface area (Å²) >= 11 is 0. The van der Waals surface area contributed by atoms with Crippen LogP contribution in [0.15, 0.2) is 30.3 Å². The first-order chi connectivity index (χ1) is 12.3. The van der Waals surface area contributed by atoms with Gasteiger partial charge in [-0.25, -0.2) is 0 Å². The van der Waals surface area contributed by atoms with Gasteiger partial charge in [-0.05, 0) is 55.7 Å². The molecule has 2 amide bonds. The monoisotopic (exact) mass is 356 g/mol. The number of hydrogen-bond donors (Lipinski definition) is 2. The lowest BCUT2D eigenvalue weighted by atomic mass is 10.1. The molecule has 0 unspecified atom stereocenters. The molecule has 138 valence electrons. The van der Waals surface area contributed by atoms with Crippen LogP contribution in [-0.4, -0.2) is 32.6 Å². The smallest absolute Gasteiger partial charge is 0.251 e. The van der Waals surface area contributed by atoms with Gasteiger partial charge in [0.25, 0.3) is 5.91 Å². The lowest BCUT2D eigenvalue weighted by Crippen LogP contribution is -2.33. The van der Waals surface area contributed by atoms with Crippen LogP contribution < -0.4 is 20.1 Å². The standard InChI is InChI=1S/C20H24N2O4/c1-12-6-7-15(8-13(12)2)20(24)21-11-19(23)22-16-10-18(26-5)17(25-4)9-14(16)3/h6-10H,11H2,1-5H3,(H,21,24)(H,22,23). The predicted octanol–water partition coefficient (Wildman–Crippen LogP) is 3.00. The molecule has 0 fully saturated rings. The van der Waals surface area contributed by atoms with Gasteiger partial charge in [0.15, 0.2) is 11.5 Å². The minimum Gasteiger partial charge on any atom is -0.493 e. The van der Waals surface area contributed by atoms with Crippen molar-refractivity contribution in [3.63, 3.8) is 0 Å². The van der Waals surface area contributed by atoms with Crippen LogP contribution in [0.3, 0.4) is 0 Å². The van der Waals surface area contributed by atoms with Crippen molar-refractivity contribution in [2.75, 3.05) is 26.1 Å². The second-order valence-electron chi connectivity index (χ2n) is 6.05. The zero-order chi connectivity index (χ0) is 19.3. The number of benzene rings is 2. The first kappa shape index (κ1) is 19.3. The summed E-state index contributed by atoms with van der Waals surface area (Å²) in [5, 5.41) is 5.40. The molecule has 2 aromatic carbocycles. The summed E-state index contributed by atoms with van der Waals surface area (Å²) in [6.07, 6.45) is 0. The highest BCUT2D eigenvalue weighted by atomic mass is 16.5. The minimum absolute atomic E-state index is 0.125. The Hall–Kier alpha value is -3.02. The molecule has 0 aliphatic carbocycles. The summed E-state index contributed by atoms with van der Waals surface area (Å²) in [6, 6.07) is 8.91. The molecule has 26 heavy (non-hydrogen) atoms. The highest BCUT2D eigenvalue weighted by Gasteiger charge is 2.13. The molecule has 0 saturated carbocycles. The van der Waals surface area contributed by atoms with E-state index in [4.69, 9.17) is 9.47 Å². The minimum atomic E-state index is -0.322. The van der Waals surface area contributed by atoms with Gasteiger partial charge in [-0.3, -0.25) is 9.59 Å². The van der Waals surface area contributed by atoms with Gasteiger partial charge in [0.05, 0.1) is 20.8 Å². The molecule has 0 aliphatic rings. The predicted molar refractivity (Wildman–Crippen MR) is 101 cm³/mol. The molecular weight excluding hydrogens is 332 g/mol. The number of anilines is 1. The van der Waals surface area contributed by atoms with E-state index in [2.05, 4.69) is 10.6 Å². The van der Waals surface area contributed by atoms with Crippen molar-refractivity contribution >= 4 is 17.5 Å². The highest BCUT2D eigenvalue weighted by molar-refractivity contribution is 5.99. The van der Waals surface area contributed by atoms with Crippen molar-refractivity contribution in [3.8, 4) is 11.5 Å². The second-order valence-corrected chi connectivity index (χ2v) is 6.05. The quantitative estimate of drug-likeness (QED) is 0.834. The number of ether oxygens (including phenoxy) is 2. The summed E-state index contributed by atoms with van der Waals surface area (Å²) in [5.74, 6) is 0.503. The summed E-state index contributed by atoms with van der Waals surface area (Å²) in [6.45, 7) is 5.65. The third-order valence-electron chi connectivity index (χ3n) is 4.18. The van der Waals surface area contributed by atoms with Gasteiger partial charge in [-0.1, -0.05) is 6.07 Å². The van der Waals surface area contributed by atoms with Gasteiger partial charge >= 0.3 is 0 Å². The zero-order valence-corrected chi connectivity index (χ0v) is 15.7. The Bertz CT molecular complexity index is 831. The number of hydrogen-bond acceptors (Lipinski definition) is 4. The number of carbonyl (C=O) groups excluding carboxylic acids is 2. The lowest BCUT2D eigenvalue weighted by Gasteiger charge is -2.14. The number of carbonyl (C=O) groups is 2. The summed E-state index contributed by atoms with van der Waals surface area (Å²) < 4.78 is 10.5. The number of nitrogens with one attached hydrogen (secondary N) is 2. The van der Waals surface area contributed by atoms with Crippen LogP contribution in [-0.2, 0) is 4.79 Å². The molecule has 2 rings (SSSR count). The lowest BCUT2D eigenvalue weighted by molar-refractivity contribution is -0.115. The van der Waals surface area contributed by atoms with Crippen molar-refractivity contribution in [1.29, 1.82) is 0 Å². The van der Waals surface area contributed by atoms with E-state index in [0.29, 0.717) is 22.7 Å². The number of amides is 2. The maximum atomic E-state index is 12.2. The molecule has 0 aromatic heterocycles. The maximum absolute atomic E-state index is 12.2. The molecular formula is C20H24N2O4. The number of rotatable bonds is 6. The Morgan fingerprint density at radius 1 is 0.885 bits per heavy atom. The van der Waals surface area contributed by atoms with Crippen LogP contribution >= 0.6 is 0 Å². The molecule has 6 nitrogen and oxygen atoms in total. The van der Waals surface area contributed by atoms with E-state index in [1.807, 2.05) is 26.8 Å². The Morgan fingerprint density at radius 2 is 1.54 bits per heavy atom. The van der Waals surface area contributed by atoms with Crippen molar-refractivity contribution in [1.82, 2.24) is 5.32 Å². The molecule has 0 aliphatic heterocycles. The van der Waals surface area contributed by atoms with E-state index >= 15 is 0 Å². The highest BCUT2D eigenvalue weighted by Crippen LogP contribution is 2.32. The molecule has 0 heterocycles. The fourth-order valence-electron chi connectivity index (χ4n) is 2.45. The van der Waals surface area contributed by atoms with Gasteiger partial charge in [-0.2, -0.15) is 0 Å². The Balaban J connectivity index is 2.00. The summed E-state index contributed by atoms with van der Waals surface area (Å²) in [7, 11) is 3.08. The molecule has 0 saturated heterocycles. The second kappa shape index (κ2) is 8.38.